The normalized spacial score (nSPS) is 15.4. The highest BCUT2D eigenvalue weighted by atomic mass is 32.2. The molecule has 0 amide bonds. The summed E-state index contributed by atoms with van der Waals surface area (Å²) in [5.41, 5.74) is -0.608. The van der Waals surface area contributed by atoms with E-state index in [2.05, 4.69) is 4.72 Å². The number of nitrogens with one attached hydrogen (secondary N) is 1. The van der Waals surface area contributed by atoms with Gasteiger partial charge in [-0.3, -0.25) is 0 Å². The predicted molar refractivity (Wildman–Crippen MR) is 74.5 cm³/mol. The predicted octanol–water partition coefficient (Wildman–Crippen LogP) is 1.59. The van der Waals surface area contributed by atoms with Gasteiger partial charge in [-0.1, -0.05) is 6.07 Å². The Morgan fingerprint density at radius 1 is 1.39 bits per heavy atom. The second-order valence-corrected chi connectivity index (χ2v) is 7.50. The van der Waals surface area contributed by atoms with Crippen LogP contribution in [0.1, 0.15) is 10.4 Å². The van der Waals surface area contributed by atoms with Gasteiger partial charge in [0.1, 0.15) is 5.60 Å². The molecule has 0 aliphatic rings. The maximum atomic E-state index is 11.2. The Kier molecular flexibility index (Phi) is 3.88. The summed E-state index contributed by atoms with van der Waals surface area (Å²) in [7, 11) is -3.34. The van der Waals surface area contributed by atoms with E-state index in [4.69, 9.17) is 0 Å². The molecule has 2 aromatic rings. The molecule has 2 aromatic heterocycles. The van der Waals surface area contributed by atoms with Crippen LogP contribution in [0.2, 0.25) is 0 Å². The average Bonchev–Trinajstić information content (AvgIpc) is 2.97. The first-order chi connectivity index (χ1) is 8.42. The fourth-order valence-electron chi connectivity index (χ4n) is 1.58. The highest BCUT2D eigenvalue weighted by Crippen LogP contribution is 2.33. The third-order valence-corrected chi connectivity index (χ3v) is 4.89. The first-order valence-corrected chi connectivity index (χ1v) is 8.87. The van der Waals surface area contributed by atoms with Gasteiger partial charge in [0.15, 0.2) is 0 Å². The fraction of sp³-hybridized carbons (Fsp3) is 0.273. The van der Waals surface area contributed by atoms with Crippen LogP contribution in [0.4, 0.5) is 0 Å². The number of aliphatic hydroxyl groups is 1. The van der Waals surface area contributed by atoms with Crippen molar-refractivity contribution in [3.05, 3.63) is 44.8 Å². The Morgan fingerprint density at radius 2 is 2.17 bits per heavy atom. The second kappa shape index (κ2) is 5.10. The lowest BCUT2D eigenvalue weighted by Crippen LogP contribution is -2.40. The monoisotopic (exact) mass is 303 g/mol. The quantitative estimate of drug-likeness (QED) is 0.881. The van der Waals surface area contributed by atoms with Crippen LogP contribution >= 0.6 is 22.7 Å². The van der Waals surface area contributed by atoms with Gasteiger partial charge < -0.3 is 5.11 Å². The number of rotatable bonds is 5. The SMILES string of the molecule is CS(=O)(=O)NCC(O)(c1ccsc1)c1cccs1. The minimum Gasteiger partial charge on any atom is -0.378 e. The molecule has 0 spiro atoms. The Morgan fingerprint density at radius 3 is 2.67 bits per heavy atom. The van der Waals surface area contributed by atoms with Gasteiger partial charge in [-0.05, 0) is 28.3 Å². The molecule has 0 aliphatic carbocycles. The molecular weight excluding hydrogens is 290 g/mol. The third-order valence-electron chi connectivity index (χ3n) is 2.52. The van der Waals surface area contributed by atoms with Gasteiger partial charge in [-0.25, -0.2) is 13.1 Å². The van der Waals surface area contributed by atoms with E-state index in [1.165, 1.54) is 22.7 Å². The third kappa shape index (κ3) is 2.99. The van der Waals surface area contributed by atoms with Crippen molar-refractivity contribution in [3.8, 4) is 0 Å². The Balaban J connectivity index is 2.35. The average molecular weight is 303 g/mol. The summed E-state index contributed by atoms with van der Waals surface area (Å²) in [6.07, 6.45) is 1.08. The van der Waals surface area contributed by atoms with Gasteiger partial charge in [0.2, 0.25) is 10.0 Å². The minimum atomic E-state index is -3.34. The molecule has 4 nitrogen and oxygen atoms in total. The zero-order chi connectivity index (χ0) is 13.2. The summed E-state index contributed by atoms with van der Waals surface area (Å²) in [5.74, 6) is 0. The van der Waals surface area contributed by atoms with Crippen LogP contribution in [0.25, 0.3) is 0 Å². The molecule has 0 bridgehead atoms. The zero-order valence-electron chi connectivity index (χ0n) is 9.66. The van der Waals surface area contributed by atoms with Crippen LogP contribution in [-0.2, 0) is 15.6 Å². The summed E-state index contributed by atoms with van der Waals surface area (Å²) in [6, 6.07) is 5.43. The van der Waals surface area contributed by atoms with Gasteiger partial charge >= 0.3 is 0 Å². The maximum Gasteiger partial charge on any atom is 0.208 e. The molecule has 7 heteroatoms. The molecule has 1 unspecified atom stereocenters. The Labute approximate surface area is 114 Å². The molecule has 0 radical (unpaired) electrons. The first kappa shape index (κ1) is 13.7. The molecule has 0 saturated carbocycles. The molecule has 98 valence electrons. The lowest BCUT2D eigenvalue weighted by Gasteiger charge is -2.26. The summed E-state index contributed by atoms with van der Waals surface area (Å²) < 4.78 is 24.8. The molecule has 0 aromatic carbocycles. The molecule has 0 aliphatic heterocycles. The number of hydrogen-bond donors (Lipinski definition) is 2. The van der Waals surface area contributed by atoms with E-state index in [0.717, 1.165) is 11.1 Å². The highest BCUT2D eigenvalue weighted by molar-refractivity contribution is 7.88. The van der Waals surface area contributed by atoms with E-state index < -0.39 is 15.6 Å². The van der Waals surface area contributed by atoms with Crippen LogP contribution in [0.3, 0.4) is 0 Å². The van der Waals surface area contributed by atoms with E-state index in [0.29, 0.717) is 5.56 Å². The highest BCUT2D eigenvalue weighted by Gasteiger charge is 2.33. The number of sulfonamides is 1. The van der Waals surface area contributed by atoms with Crippen molar-refractivity contribution < 1.29 is 13.5 Å². The van der Waals surface area contributed by atoms with Crippen molar-refractivity contribution in [2.24, 2.45) is 0 Å². The molecule has 0 fully saturated rings. The minimum absolute atomic E-state index is 0.0664. The number of hydrogen-bond acceptors (Lipinski definition) is 5. The van der Waals surface area contributed by atoms with Crippen molar-refractivity contribution in [2.75, 3.05) is 12.8 Å². The van der Waals surface area contributed by atoms with E-state index in [-0.39, 0.29) is 6.54 Å². The molecule has 18 heavy (non-hydrogen) atoms. The van der Waals surface area contributed by atoms with Gasteiger partial charge in [0.25, 0.3) is 0 Å². The standard InChI is InChI=1S/C11H13NO3S3/c1-18(14,15)12-8-11(13,9-4-6-16-7-9)10-3-2-5-17-10/h2-7,12-13H,8H2,1H3. The largest absolute Gasteiger partial charge is 0.378 e. The Hall–Kier alpha value is -0.730. The van der Waals surface area contributed by atoms with E-state index in [1.807, 2.05) is 22.2 Å². The smallest absolute Gasteiger partial charge is 0.208 e. The maximum absolute atomic E-state index is 11.2. The fourth-order valence-corrected chi connectivity index (χ4v) is 3.62. The van der Waals surface area contributed by atoms with Gasteiger partial charge in [-0.15, -0.1) is 11.3 Å². The summed E-state index contributed by atoms with van der Waals surface area (Å²) in [5, 5.41) is 16.3. The molecular formula is C11H13NO3S3. The van der Waals surface area contributed by atoms with Gasteiger partial charge in [-0.2, -0.15) is 11.3 Å². The lowest BCUT2D eigenvalue weighted by molar-refractivity contribution is 0.0904. The molecule has 2 N–H and O–H groups in total. The van der Waals surface area contributed by atoms with Crippen molar-refractivity contribution in [1.82, 2.24) is 4.72 Å². The topological polar surface area (TPSA) is 66.4 Å². The Bertz CT molecular complexity index is 553. The summed E-state index contributed by atoms with van der Waals surface area (Å²) in [4.78, 5) is 0.719. The van der Waals surface area contributed by atoms with Gasteiger partial charge in [0, 0.05) is 17.0 Å². The van der Waals surface area contributed by atoms with Crippen LogP contribution in [-0.4, -0.2) is 26.3 Å². The number of thiophene rings is 2. The molecule has 2 heterocycles. The van der Waals surface area contributed by atoms with Crippen molar-refractivity contribution in [2.45, 2.75) is 5.60 Å². The lowest BCUT2D eigenvalue weighted by atomic mass is 9.95. The zero-order valence-corrected chi connectivity index (χ0v) is 12.1. The second-order valence-electron chi connectivity index (χ2n) is 3.94. The van der Waals surface area contributed by atoms with Crippen molar-refractivity contribution in [3.63, 3.8) is 0 Å². The summed E-state index contributed by atoms with van der Waals surface area (Å²) >= 11 is 2.86. The van der Waals surface area contributed by atoms with Crippen molar-refractivity contribution >= 4 is 32.7 Å². The van der Waals surface area contributed by atoms with E-state index >= 15 is 0 Å². The van der Waals surface area contributed by atoms with Crippen LogP contribution in [0.15, 0.2) is 34.3 Å². The van der Waals surface area contributed by atoms with Crippen LogP contribution in [0.5, 0.6) is 0 Å². The first-order valence-electron chi connectivity index (χ1n) is 5.15. The summed E-state index contributed by atoms with van der Waals surface area (Å²) in [6.45, 7) is -0.0664. The van der Waals surface area contributed by atoms with Crippen LogP contribution in [0, 0.1) is 0 Å². The van der Waals surface area contributed by atoms with Crippen LogP contribution < -0.4 is 4.72 Å². The van der Waals surface area contributed by atoms with Crippen molar-refractivity contribution in [1.29, 1.82) is 0 Å². The van der Waals surface area contributed by atoms with E-state index in [1.54, 1.807) is 12.1 Å². The molecule has 1 atom stereocenters. The molecule has 2 rings (SSSR count). The molecule has 0 saturated heterocycles. The van der Waals surface area contributed by atoms with E-state index in [9.17, 15) is 13.5 Å². The van der Waals surface area contributed by atoms with Gasteiger partial charge in [0.05, 0.1) is 6.26 Å².